The number of aryl methyl sites for hydroxylation is 2. The van der Waals surface area contributed by atoms with Crippen molar-refractivity contribution in [3.63, 3.8) is 0 Å². The highest BCUT2D eigenvalue weighted by Crippen LogP contribution is 2.27. The Kier molecular flexibility index (Phi) is 5.73. The standard InChI is InChI=1S/C16H19BrClN3/c1-4-19-16(14-7-10(2)20-21-11(14)3)8-12-5-6-13(17)9-15(12)18/h5-7,9,16,19H,4,8H2,1-3H3. The molecule has 1 aromatic carbocycles. The van der Waals surface area contributed by atoms with Crippen LogP contribution in [0.4, 0.5) is 0 Å². The lowest BCUT2D eigenvalue weighted by Crippen LogP contribution is -2.24. The molecule has 0 saturated heterocycles. The molecule has 1 atom stereocenters. The van der Waals surface area contributed by atoms with Gasteiger partial charge in [-0.15, -0.1) is 0 Å². The number of hydrogen-bond donors (Lipinski definition) is 1. The van der Waals surface area contributed by atoms with Gasteiger partial charge in [-0.25, -0.2) is 0 Å². The molecule has 0 radical (unpaired) electrons. The predicted molar refractivity (Wildman–Crippen MR) is 90.8 cm³/mol. The summed E-state index contributed by atoms with van der Waals surface area (Å²) in [5, 5.41) is 12.6. The Morgan fingerprint density at radius 3 is 2.67 bits per heavy atom. The molecule has 1 aromatic heterocycles. The average Bonchev–Trinajstić information content (AvgIpc) is 2.44. The van der Waals surface area contributed by atoms with Crippen LogP contribution in [0.2, 0.25) is 5.02 Å². The summed E-state index contributed by atoms with van der Waals surface area (Å²) in [7, 11) is 0. The van der Waals surface area contributed by atoms with E-state index in [0.29, 0.717) is 0 Å². The van der Waals surface area contributed by atoms with E-state index in [9.17, 15) is 0 Å². The lowest BCUT2D eigenvalue weighted by Gasteiger charge is -2.20. The molecule has 1 unspecified atom stereocenters. The van der Waals surface area contributed by atoms with Gasteiger partial charge in [-0.2, -0.15) is 10.2 Å². The van der Waals surface area contributed by atoms with Crippen LogP contribution >= 0.6 is 27.5 Å². The van der Waals surface area contributed by atoms with Crippen LogP contribution in [0.15, 0.2) is 28.7 Å². The van der Waals surface area contributed by atoms with Gasteiger partial charge in [0, 0.05) is 15.5 Å². The SMILES string of the molecule is CCNC(Cc1ccc(Br)cc1Cl)c1cc(C)nnc1C. The topological polar surface area (TPSA) is 37.8 Å². The molecule has 0 saturated carbocycles. The molecule has 0 amide bonds. The molecule has 0 aliphatic heterocycles. The molecule has 0 bridgehead atoms. The Bertz CT molecular complexity index is 631. The lowest BCUT2D eigenvalue weighted by atomic mass is 9.97. The van der Waals surface area contributed by atoms with E-state index in [2.05, 4.69) is 50.5 Å². The van der Waals surface area contributed by atoms with E-state index < -0.39 is 0 Å². The second-order valence-electron chi connectivity index (χ2n) is 5.08. The van der Waals surface area contributed by atoms with E-state index in [4.69, 9.17) is 11.6 Å². The third-order valence-electron chi connectivity index (χ3n) is 3.40. The number of nitrogens with one attached hydrogen (secondary N) is 1. The summed E-state index contributed by atoms with van der Waals surface area (Å²) in [6.07, 6.45) is 0.825. The van der Waals surface area contributed by atoms with Gasteiger partial charge in [-0.3, -0.25) is 0 Å². The molecule has 0 spiro atoms. The van der Waals surface area contributed by atoms with Crippen LogP contribution in [0.5, 0.6) is 0 Å². The van der Waals surface area contributed by atoms with Gasteiger partial charge in [0.15, 0.2) is 0 Å². The molecule has 1 N–H and O–H groups in total. The van der Waals surface area contributed by atoms with Crippen molar-refractivity contribution < 1.29 is 0 Å². The zero-order valence-corrected chi connectivity index (χ0v) is 14.8. The maximum absolute atomic E-state index is 6.35. The smallest absolute Gasteiger partial charge is 0.0648 e. The molecule has 5 heteroatoms. The van der Waals surface area contributed by atoms with Crippen LogP contribution < -0.4 is 5.32 Å². The number of halogens is 2. The van der Waals surface area contributed by atoms with E-state index in [1.54, 1.807) is 0 Å². The number of hydrogen-bond acceptors (Lipinski definition) is 3. The lowest BCUT2D eigenvalue weighted by molar-refractivity contribution is 0.542. The predicted octanol–water partition coefficient (Wildman–Crippen LogP) is 4.40. The summed E-state index contributed by atoms with van der Waals surface area (Å²) in [6, 6.07) is 8.30. The number of benzene rings is 1. The maximum atomic E-state index is 6.35. The molecule has 1 heterocycles. The first-order chi connectivity index (χ1) is 10.0. The Balaban J connectivity index is 2.32. The monoisotopic (exact) mass is 367 g/mol. The third-order valence-corrected chi connectivity index (χ3v) is 4.25. The van der Waals surface area contributed by atoms with Crippen molar-refractivity contribution in [2.75, 3.05) is 6.54 Å². The van der Waals surface area contributed by atoms with Gasteiger partial charge < -0.3 is 5.32 Å². The summed E-state index contributed by atoms with van der Waals surface area (Å²) in [5.41, 5.74) is 4.20. The van der Waals surface area contributed by atoms with Gasteiger partial charge in [0.1, 0.15) is 0 Å². The molecule has 112 valence electrons. The van der Waals surface area contributed by atoms with Gasteiger partial charge in [-0.1, -0.05) is 40.5 Å². The van der Waals surface area contributed by atoms with E-state index in [-0.39, 0.29) is 6.04 Å². The van der Waals surface area contributed by atoms with Crippen molar-refractivity contribution in [3.05, 3.63) is 56.3 Å². The fraction of sp³-hybridized carbons (Fsp3) is 0.375. The van der Waals surface area contributed by atoms with Gasteiger partial charge in [-0.05, 0) is 56.1 Å². The molecule has 0 aliphatic carbocycles. The first-order valence-corrected chi connectivity index (χ1v) is 8.16. The first kappa shape index (κ1) is 16.4. The number of aromatic nitrogens is 2. The highest BCUT2D eigenvalue weighted by atomic mass is 79.9. The zero-order valence-electron chi connectivity index (χ0n) is 12.5. The quantitative estimate of drug-likeness (QED) is 0.850. The van der Waals surface area contributed by atoms with Gasteiger partial charge in [0.2, 0.25) is 0 Å². The molecular weight excluding hydrogens is 350 g/mol. The van der Waals surface area contributed by atoms with Crippen molar-refractivity contribution in [1.82, 2.24) is 15.5 Å². The molecule has 2 rings (SSSR count). The molecule has 2 aromatic rings. The molecule has 0 aliphatic rings. The van der Waals surface area contributed by atoms with E-state index in [1.807, 2.05) is 26.0 Å². The van der Waals surface area contributed by atoms with Gasteiger partial charge >= 0.3 is 0 Å². The molecular formula is C16H19BrClN3. The molecule has 0 fully saturated rings. The molecule has 3 nitrogen and oxygen atoms in total. The van der Waals surface area contributed by atoms with Crippen molar-refractivity contribution in [2.45, 2.75) is 33.2 Å². The minimum Gasteiger partial charge on any atom is -0.310 e. The van der Waals surface area contributed by atoms with Crippen molar-refractivity contribution in [1.29, 1.82) is 0 Å². The summed E-state index contributed by atoms with van der Waals surface area (Å²) in [5.74, 6) is 0. The highest BCUT2D eigenvalue weighted by molar-refractivity contribution is 9.10. The van der Waals surface area contributed by atoms with Gasteiger partial charge in [0.05, 0.1) is 11.4 Å². The number of nitrogens with zero attached hydrogens (tertiary/aromatic N) is 2. The summed E-state index contributed by atoms with van der Waals surface area (Å²) < 4.78 is 0.994. The number of rotatable bonds is 5. The second-order valence-corrected chi connectivity index (χ2v) is 6.40. The summed E-state index contributed by atoms with van der Waals surface area (Å²) in [4.78, 5) is 0. The zero-order chi connectivity index (χ0) is 15.4. The summed E-state index contributed by atoms with van der Waals surface area (Å²) >= 11 is 9.79. The maximum Gasteiger partial charge on any atom is 0.0648 e. The molecule has 21 heavy (non-hydrogen) atoms. The van der Waals surface area contributed by atoms with Crippen LogP contribution in [0, 0.1) is 13.8 Å². The fourth-order valence-electron chi connectivity index (χ4n) is 2.37. The average molecular weight is 369 g/mol. The highest BCUT2D eigenvalue weighted by Gasteiger charge is 2.16. The Morgan fingerprint density at radius 1 is 1.24 bits per heavy atom. The van der Waals surface area contributed by atoms with Gasteiger partial charge in [0.25, 0.3) is 0 Å². The number of likely N-dealkylation sites (N-methyl/N-ethyl adjacent to an activating group) is 1. The normalized spacial score (nSPS) is 12.4. The van der Waals surface area contributed by atoms with Crippen molar-refractivity contribution in [2.24, 2.45) is 0 Å². The third kappa shape index (κ3) is 4.25. The second kappa shape index (κ2) is 7.34. The Hall–Kier alpha value is -0.970. The first-order valence-electron chi connectivity index (χ1n) is 6.99. The van der Waals surface area contributed by atoms with Crippen molar-refractivity contribution >= 4 is 27.5 Å². The van der Waals surface area contributed by atoms with E-state index >= 15 is 0 Å². The minimum atomic E-state index is 0.183. The van der Waals surface area contributed by atoms with Crippen LogP contribution in [0.25, 0.3) is 0 Å². The largest absolute Gasteiger partial charge is 0.310 e. The van der Waals surface area contributed by atoms with Crippen LogP contribution in [-0.2, 0) is 6.42 Å². The minimum absolute atomic E-state index is 0.183. The van der Waals surface area contributed by atoms with Crippen LogP contribution in [-0.4, -0.2) is 16.7 Å². The van der Waals surface area contributed by atoms with E-state index in [1.165, 1.54) is 5.56 Å². The van der Waals surface area contributed by atoms with Crippen LogP contribution in [0.3, 0.4) is 0 Å². The van der Waals surface area contributed by atoms with Crippen molar-refractivity contribution in [3.8, 4) is 0 Å². The Morgan fingerprint density at radius 2 is 2.00 bits per heavy atom. The Labute approximate surface area is 139 Å². The summed E-state index contributed by atoms with van der Waals surface area (Å²) in [6.45, 7) is 6.95. The van der Waals surface area contributed by atoms with E-state index in [0.717, 1.165) is 39.4 Å². The fourth-order valence-corrected chi connectivity index (χ4v) is 3.12. The van der Waals surface area contributed by atoms with Crippen LogP contribution in [0.1, 0.15) is 35.5 Å².